The van der Waals surface area contributed by atoms with Gasteiger partial charge in [-0.2, -0.15) is 0 Å². The third kappa shape index (κ3) is 3.09. The molecule has 3 N–H and O–H groups in total. The molecule has 1 saturated carbocycles. The van der Waals surface area contributed by atoms with Crippen LogP contribution in [0.25, 0.3) is 10.2 Å². The van der Waals surface area contributed by atoms with Crippen LogP contribution < -0.4 is 11.1 Å². The van der Waals surface area contributed by atoms with Crippen molar-refractivity contribution in [3.63, 3.8) is 0 Å². The monoisotopic (exact) mass is 317 g/mol. The molecule has 2 heterocycles. The van der Waals surface area contributed by atoms with Crippen molar-refractivity contribution < 1.29 is 4.79 Å². The minimum Gasteiger partial charge on any atom is -0.397 e. The Kier molecular flexibility index (Phi) is 4.62. The second-order valence-corrected chi connectivity index (χ2v) is 7.06. The first-order valence-corrected chi connectivity index (χ1v) is 8.99. The summed E-state index contributed by atoms with van der Waals surface area (Å²) >= 11 is 1.41. The number of pyridine rings is 1. The average Bonchev–Trinajstić information content (AvgIpc) is 2.85. The molecule has 0 bridgehead atoms. The largest absolute Gasteiger partial charge is 0.397 e. The Hall–Kier alpha value is -1.62. The molecule has 0 radical (unpaired) electrons. The summed E-state index contributed by atoms with van der Waals surface area (Å²) in [6, 6.07) is 4.31. The molecule has 2 aromatic rings. The van der Waals surface area contributed by atoms with Gasteiger partial charge in [-0.25, -0.2) is 4.98 Å². The number of rotatable bonds is 4. The number of aryl methyl sites for hydroxylation is 1. The predicted octanol–water partition coefficient (Wildman–Crippen LogP) is 3.89. The quantitative estimate of drug-likeness (QED) is 0.899. The molecule has 22 heavy (non-hydrogen) atoms. The van der Waals surface area contributed by atoms with E-state index in [1.54, 1.807) is 0 Å². The van der Waals surface area contributed by atoms with E-state index in [1.807, 2.05) is 12.1 Å². The van der Waals surface area contributed by atoms with Gasteiger partial charge >= 0.3 is 0 Å². The summed E-state index contributed by atoms with van der Waals surface area (Å²) in [6.45, 7) is 2.14. The van der Waals surface area contributed by atoms with Crippen LogP contribution in [-0.4, -0.2) is 16.9 Å². The zero-order chi connectivity index (χ0) is 15.5. The van der Waals surface area contributed by atoms with E-state index in [-0.39, 0.29) is 5.91 Å². The summed E-state index contributed by atoms with van der Waals surface area (Å²) in [5.41, 5.74) is 7.82. The summed E-state index contributed by atoms with van der Waals surface area (Å²) in [4.78, 5) is 18.6. The zero-order valence-corrected chi connectivity index (χ0v) is 13.8. The molecule has 0 saturated heterocycles. The van der Waals surface area contributed by atoms with Crippen molar-refractivity contribution in [1.29, 1.82) is 0 Å². The summed E-state index contributed by atoms with van der Waals surface area (Å²) in [7, 11) is 0. The highest BCUT2D eigenvalue weighted by Crippen LogP contribution is 2.33. The van der Waals surface area contributed by atoms with Crippen LogP contribution in [0.1, 0.15) is 60.8 Å². The van der Waals surface area contributed by atoms with Gasteiger partial charge in [0.25, 0.3) is 5.91 Å². The molecule has 0 spiro atoms. The van der Waals surface area contributed by atoms with Gasteiger partial charge in [0.1, 0.15) is 9.71 Å². The highest BCUT2D eigenvalue weighted by molar-refractivity contribution is 7.21. The number of carbonyl (C=O) groups is 1. The lowest BCUT2D eigenvalue weighted by Crippen LogP contribution is -2.36. The lowest BCUT2D eigenvalue weighted by atomic mass is 9.95. The lowest BCUT2D eigenvalue weighted by Gasteiger charge is -2.22. The molecule has 4 nitrogen and oxygen atoms in total. The van der Waals surface area contributed by atoms with Gasteiger partial charge < -0.3 is 11.1 Å². The van der Waals surface area contributed by atoms with Crippen molar-refractivity contribution in [2.24, 2.45) is 0 Å². The summed E-state index contributed by atoms with van der Waals surface area (Å²) in [5, 5.41) is 4.04. The number of nitrogens with two attached hydrogens (primary N) is 1. The first-order valence-electron chi connectivity index (χ1n) is 8.17. The average molecular weight is 317 g/mol. The molecule has 5 heteroatoms. The van der Waals surface area contributed by atoms with Crippen molar-refractivity contribution in [1.82, 2.24) is 10.3 Å². The summed E-state index contributed by atoms with van der Waals surface area (Å²) in [5.74, 6) is -0.0376. The molecule has 2 aromatic heterocycles. The number of nitrogens with one attached hydrogen (secondary N) is 1. The molecule has 0 aliphatic heterocycles. The molecule has 118 valence electrons. The Morgan fingerprint density at radius 2 is 2.14 bits per heavy atom. The Morgan fingerprint density at radius 3 is 2.86 bits per heavy atom. The van der Waals surface area contributed by atoms with E-state index in [0.29, 0.717) is 16.6 Å². The fourth-order valence-electron chi connectivity index (χ4n) is 3.10. The fraction of sp³-hybridized carbons (Fsp3) is 0.529. The maximum absolute atomic E-state index is 12.5. The molecular formula is C17H23N3OS. The van der Waals surface area contributed by atoms with Gasteiger partial charge in [-0.05, 0) is 31.4 Å². The number of anilines is 1. The number of aromatic nitrogens is 1. The van der Waals surface area contributed by atoms with Crippen molar-refractivity contribution in [3.05, 3.63) is 22.7 Å². The van der Waals surface area contributed by atoms with Crippen LogP contribution in [0.15, 0.2) is 12.1 Å². The van der Waals surface area contributed by atoms with Crippen molar-refractivity contribution in [2.45, 2.75) is 57.9 Å². The van der Waals surface area contributed by atoms with Crippen molar-refractivity contribution in [2.75, 3.05) is 5.73 Å². The van der Waals surface area contributed by atoms with Gasteiger partial charge in [-0.15, -0.1) is 11.3 Å². The summed E-state index contributed by atoms with van der Waals surface area (Å²) in [6.07, 6.45) is 7.86. The van der Waals surface area contributed by atoms with Gasteiger partial charge in [0.15, 0.2) is 0 Å². The second-order valence-electron chi connectivity index (χ2n) is 6.06. The number of fused-ring (bicyclic) bond motifs is 1. The number of hydrogen-bond acceptors (Lipinski definition) is 4. The smallest absolute Gasteiger partial charge is 0.263 e. The highest BCUT2D eigenvalue weighted by Gasteiger charge is 2.21. The molecule has 0 aromatic carbocycles. The normalized spacial score (nSPS) is 16.0. The number of carbonyl (C=O) groups excluding carboxylic acids is 1. The lowest BCUT2D eigenvalue weighted by molar-refractivity contribution is 0.0932. The molecular weight excluding hydrogens is 294 g/mol. The van der Waals surface area contributed by atoms with Crippen molar-refractivity contribution in [3.8, 4) is 0 Å². The van der Waals surface area contributed by atoms with Crippen LogP contribution in [0.2, 0.25) is 0 Å². The molecule has 1 amide bonds. The van der Waals surface area contributed by atoms with Crippen LogP contribution in [0, 0.1) is 0 Å². The molecule has 0 unspecified atom stereocenters. The Bertz CT molecular complexity index is 674. The Morgan fingerprint density at radius 1 is 1.36 bits per heavy atom. The zero-order valence-electron chi connectivity index (χ0n) is 13.0. The van der Waals surface area contributed by atoms with Crippen LogP contribution in [0.3, 0.4) is 0 Å². The minimum absolute atomic E-state index is 0.0376. The molecule has 1 aliphatic carbocycles. The number of nitrogen functional groups attached to an aromatic ring is 1. The molecule has 1 fully saturated rings. The third-order valence-corrected chi connectivity index (χ3v) is 5.42. The first-order chi connectivity index (χ1) is 10.7. The van der Waals surface area contributed by atoms with E-state index in [0.717, 1.165) is 41.6 Å². The van der Waals surface area contributed by atoms with Gasteiger partial charge in [0.05, 0.1) is 5.69 Å². The number of thiophene rings is 1. The molecule has 1 aliphatic rings. The third-order valence-electron chi connectivity index (χ3n) is 4.30. The topological polar surface area (TPSA) is 68.0 Å². The maximum Gasteiger partial charge on any atom is 0.263 e. The molecule has 3 rings (SSSR count). The van der Waals surface area contributed by atoms with Gasteiger partial charge in [-0.1, -0.05) is 32.6 Å². The van der Waals surface area contributed by atoms with E-state index < -0.39 is 0 Å². The fourth-order valence-corrected chi connectivity index (χ4v) is 4.11. The highest BCUT2D eigenvalue weighted by atomic mass is 32.1. The van der Waals surface area contributed by atoms with E-state index in [9.17, 15) is 4.79 Å². The van der Waals surface area contributed by atoms with Gasteiger partial charge in [0.2, 0.25) is 0 Å². The SMILES string of the molecule is CCCc1ccc2c(N)c(C(=O)NC3CCCCC3)sc2n1. The number of nitrogens with zero attached hydrogens (tertiary/aromatic N) is 1. The van der Waals surface area contributed by atoms with Gasteiger partial charge in [-0.3, -0.25) is 4.79 Å². The van der Waals surface area contributed by atoms with Crippen molar-refractivity contribution >= 4 is 33.1 Å². The second kappa shape index (κ2) is 6.65. The van der Waals surface area contributed by atoms with E-state index in [4.69, 9.17) is 5.73 Å². The minimum atomic E-state index is -0.0376. The van der Waals surface area contributed by atoms with Crippen LogP contribution in [0.5, 0.6) is 0 Å². The first kappa shape index (κ1) is 15.3. The number of hydrogen-bond donors (Lipinski definition) is 2. The maximum atomic E-state index is 12.5. The standard InChI is InChI=1S/C17H23N3OS/c1-2-6-11-9-10-13-14(18)15(22-17(13)20-11)16(21)19-12-7-4-3-5-8-12/h9-10,12H,2-8,18H2,1H3,(H,19,21). The van der Waals surface area contributed by atoms with Crippen LogP contribution >= 0.6 is 11.3 Å². The van der Waals surface area contributed by atoms with Crippen LogP contribution in [0.4, 0.5) is 5.69 Å². The predicted molar refractivity (Wildman–Crippen MR) is 92.4 cm³/mol. The molecule has 0 atom stereocenters. The summed E-state index contributed by atoms with van der Waals surface area (Å²) < 4.78 is 0. The Labute approximate surface area is 135 Å². The van der Waals surface area contributed by atoms with Gasteiger partial charge in [0, 0.05) is 17.1 Å². The number of amides is 1. The van der Waals surface area contributed by atoms with E-state index in [2.05, 4.69) is 17.2 Å². The van der Waals surface area contributed by atoms with E-state index in [1.165, 1.54) is 30.6 Å². The van der Waals surface area contributed by atoms with Crippen LogP contribution in [-0.2, 0) is 6.42 Å². The van der Waals surface area contributed by atoms with E-state index >= 15 is 0 Å². The Balaban J connectivity index is 1.83.